The summed E-state index contributed by atoms with van der Waals surface area (Å²) in [6.07, 6.45) is 0. The van der Waals surface area contributed by atoms with Crippen molar-refractivity contribution in [2.24, 2.45) is 0 Å². The molecule has 13 heavy (non-hydrogen) atoms. The molecule has 6 heteroatoms. The summed E-state index contributed by atoms with van der Waals surface area (Å²) in [5.41, 5.74) is 1.34. The third kappa shape index (κ3) is 1.73. The highest BCUT2D eigenvalue weighted by Crippen LogP contribution is 2.16. The van der Waals surface area contributed by atoms with E-state index in [-0.39, 0.29) is 12.4 Å². The van der Waals surface area contributed by atoms with Crippen LogP contribution in [0.5, 0.6) is 0 Å². The molecule has 2 heterocycles. The molecular formula is C7H8Cl2N4. The first-order chi connectivity index (χ1) is 5.66. The van der Waals surface area contributed by atoms with E-state index in [1.54, 1.807) is 6.92 Å². The Kier molecular flexibility index (Phi) is 2.73. The van der Waals surface area contributed by atoms with Gasteiger partial charge in [0.25, 0.3) is 0 Å². The van der Waals surface area contributed by atoms with Gasteiger partial charge in [-0.15, -0.1) is 12.4 Å². The molecule has 0 aliphatic heterocycles. The van der Waals surface area contributed by atoms with E-state index in [0.717, 1.165) is 5.82 Å². The van der Waals surface area contributed by atoms with Crippen LogP contribution in [-0.2, 0) is 0 Å². The number of halogens is 2. The summed E-state index contributed by atoms with van der Waals surface area (Å²) < 4.78 is 0. The minimum atomic E-state index is 0. The van der Waals surface area contributed by atoms with Gasteiger partial charge in [0.2, 0.25) is 0 Å². The maximum absolute atomic E-state index is 5.85. The Labute approximate surface area is 86.2 Å². The third-order valence-electron chi connectivity index (χ3n) is 1.54. The molecule has 0 radical (unpaired) electrons. The van der Waals surface area contributed by atoms with Crippen LogP contribution in [0.4, 0.5) is 0 Å². The van der Waals surface area contributed by atoms with Crippen molar-refractivity contribution in [2.75, 3.05) is 0 Å². The van der Waals surface area contributed by atoms with Crippen LogP contribution >= 0.6 is 24.0 Å². The van der Waals surface area contributed by atoms with Crippen LogP contribution in [0.15, 0.2) is 0 Å². The van der Waals surface area contributed by atoms with E-state index in [1.165, 1.54) is 0 Å². The highest BCUT2D eigenvalue weighted by molar-refractivity contribution is 6.33. The number of rotatable bonds is 0. The molecule has 0 bridgehead atoms. The first kappa shape index (κ1) is 10.2. The predicted octanol–water partition coefficient (Wildman–Crippen LogP) is 2.04. The van der Waals surface area contributed by atoms with Crippen LogP contribution in [0.25, 0.3) is 11.2 Å². The molecule has 0 aromatic carbocycles. The molecule has 0 fully saturated rings. The highest BCUT2D eigenvalue weighted by atomic mass is 35.5. The minimum absolute atomic E-state index is 0. The zero-order valence-electron chi connectivity index (χ0n) is 7.13. The number of nitrogens with zero attached hydrogens (tertiary/aromatic N) is 3. The molecule has 0 saturated carbocycles. The number of aromatic nitrogens is 4. The lowest BCUT2D eigenvalue weighted by Gasteiger charge is -1.92. The molecule has 0 unspecified atom stereocenters. The largest absolute Gasteiger partial charge is 0.338 e. The number of hydrogen-bond acceptors (Lipinski definition) is 3. The summed E-state index contributed by atoms with van der Waals surface area (Å²) in [6, 6.07) is 0. The third-order valence-corrected chi connectivity index (χ3v) is 1.81. The van der Waals surface area contributed by atoms with Crippen LogP contribution in [0, 0.1) is 13.8 Å². The van der Waals surface area contributed by atoms with Crippen LogP contribution in [0.3, 0.4) is 0 Å². The normalized spacial score (nSPS) is 10.1. The van der Waals surface area contributed by atoms with Gasteiger partial charge in [-0.3, -0.25) is 0 Å². The van der Waals surface area contributed by atoms with Crippen molar-refractivity contribution >= 4 is 35.2 Å². The van der Waals surface area contributed by atoms with Gasteiger partial charge < -0.3 is 4.98 Å². The Balaban J connectivity index is 0.000000845. The quantitative estimate of drug-likeness (QED) is 0.689. The van der Waals surface area contributed by atoms with Crippen LogP contribution in [0.1, 0.15) is 11.6 Å². The summed E-state index contributed by atoms with van der Waals surface area (Å²) in [5, 5.41) is 0.429. The molecule has 4 nitrogen and oxygen atoms in total. The predicted molar refractivity (Wildman–Crippen MR) is 53.4 cm³/mol. The lowest BCUT2D eigenvalue weighted by atomic mass is 10.5. The summed E-state index contributed by atoms with van der Waals surface area (Å²) in [5.74, 6) is 1.44. The molecular weight excluding hydrogens is 211 g/mol. The molecule has 70 valence electrons. The molecule has 0 spiro atoms. The Morgan fingerprint density at radius 3 is 2.54 bits per heavy atom. The van der Waals surface area contributed by atoms with Crippen molar-refractivity contribution in [2.45, 2.75) is 13.8 Å². The standard InChI is InChI=1S/C7H7ClN4.ClH/c1-3-9-5-6(8)10-4(2)12-7(5)11-3;/h1-2H3,(H,9,10,11,12);1H. The molecule has 2 rings (SSSR count). The molecule has 0 aliphatic carbocycles. The van der Waals surface area contributed by atoms with E-state index < -0.39 is 0 Å². The van der Waals surface area contributed by atoms with Crippen molar-refractivity contribution in [3.63, 3.8) is 0 Å². The lowest BCUT2D eigenvalue weighted by molar-refractivity contribution is 1.08. The Bertz CT molecular complexity index is 437. The maximum Gasteiger partial charge on any atom is 0.182 e. The summed E-state index contributed by atoms with van der Waals surface area (Å²) >= 11 is 5.85. The lowest BCUT2D eigenvalue weighted by Crippen LogP contribution is -1.88. The fraction of sp³-hybridized carbons (Fsp3) is 0.286. The number of aryl methyl sites for hydroxylation is 2. The number of imidazole rings is 1. The van der Waals surface area contributed by atoms with Gasteiger partial charge in [-0.25, -0.2) is 15.0 Å². The van der Waals surface area contributed by atoms with Gasteiger partial charge in [-0.2, -0.15) is 0 Å². The zero-order chi connectivity index (χ0) is 8.72. The maximum atomic E-state index is 5.85. The number of hydrogen-bond donors (Lipinski definition) is 1. The van der Waals surface area contributed by atoms with E-state index in [9.17, 15) is 0 Å². The molecule has 1 N–H and O–H groups in total. The Hall–Kier alpha value is -0.870. The van der Waals surface area contributed by atoms with Crippen LogP contribution < -0.4 is 0 Å². The van der Waals surface area contributed by atoms with Gasteiger partial charge in [0.15, 0.2) is 10.8 Å². The van der Waals surface area contributed by atoms with Crippen LogP contribution in [-0.4, -0.2) is 19.9 Å². The van der Waals surface area contributed by atoms with Crippen molar-refractivity contribution < 1.29 is 0 Å². The fourth-order valence-electron chi connectivity index (χ4n) is 1.08. The van der Waals surface area contributed by atoms with E-state index in [4.69, 9.17) is 11.6 Å². The second kappa shape index (κ2) is 3.47. The summed E-state index contributed by atoms with van der Waals surface area (Å²) in [4.78, 5) is 15.2. The topological polar surface area (TPSA) is 54.5 Å². The van der Waals surface area contributed by atoms with Crippen molar-refractivity contribution in [3.05, 3.63) is 16.8 Å². The smallest absolute Gasteiger partial charge is 0.182 e. The second-order valence-corrected chi connectivity index (χ2v) is 2.94. The molecule has 0 atom stereocenters. The second-order valence-electron chi connectivity index (χ2n) is 2.58. The van der Waals surface area contributed by atoms with E-state index in [2.05, 4.69) is 19.9 Å². The Morgan fingerprint density at radius 1 is 1.15 bits per heavy atom. The molecule has 2 aromatic heterocycles. The minimum Gasteiger partial charge on any atom is -0.338 e. The summed E-state index contributed by atoms with van der Waals surface area (Å²) in [7, 11) is 0. The number of fused-ring (bicyclic) bond motifs is 1. The van der Waals surface area contributed by atoms with E-state index in [1.807, 2.05) is 6.92 Å². The number of aromatic amines is 1. The number of H-pyrrole nitrogens is 1. The SMILES string of the molecule is Cc1nc(Cl)c2[nH]c(C)nc2n1.Cl. The zero-order valence-corrected chi connectivity index (χ0v) is 8.70. The molecule has 0 saturated heterocycles. The van der Waals surface area contributed by atoms with Crippen molar-refractivity contribution in [3.8, 4) is 0 Å². The van der Waals surface area contributed by atoms with Gasteiger partial charge >= 0.3 is 0 Å². The fourth-order valence-corrected chi connectivity index (χ4v) is 1.33. The van der Waals surface area contributed by atoms with Crippen LogP contribution in [0.2, 0.25) is 5.15 Å². The highest BCUT2D eigenvalue weighted by Gasteiger charge is 2.06. The van der Waals surface area contributed by atoms with Gasteiger partial charge in [0.1, 0.15) is 17.2 Å². The molecule has 2 aromatic rings. The van der Waals surface area contributed by atoms with Gasteiger partial charge in [0, 0.05) is 0 Å². The van der Waals surface area contributed by atoms with E-state index in [0.29, 0.717) is 22.1 Å². The first-order valence-corrected chi connectivity index (χ1v) is 3.91. The Morgan fingerprint density at radius 2 is 1.85 bits per heavy atom. The first-order valence-electron chi connectivity index (χ1n) is 3.53. The summed E-state index contributed by atoms with van der Waals surface area (Å²) in [6.45, 7) is 3.64. The average molecular weight is 219 g/mol. The average Bonchev–Trinajstić information content (AvgIpc) is 2.29. The van der Waals surface area contributed by atoms with E-state index >= 15 is 0 Å². The van der Waals surface area contributed by atoms with Crippen molar-refractivity contribution in [1.82, 2.24) is 19.9 Å². The van der Waals surface area contributed by atoms with Gasteiger partial charge in [-0.05, 0) is 13.8 Å². The van der Waals surface area contributed by atoms with Gasteiger partial charge in [-0.1, -0.05) is 11.6 Å². The van der Waals surface area contributed by atoms with Gasteiger partial charge in [0.05, 0.1) is 0 Å². The van der Waals surface area contributed by atoms with Crippen molar-refractivity contribution in [1.29, 1.82) is 0 Å². The molecule has 0 aliphatic rings. The number of nitrogens with one attached hydrogen (secondary N) is 1. The molecule has 0 amide bonds. The monoisotopic (exact) mass is 218 g/mol.